The van der Waals surface area contributed by atoms with E-state index in [1.807, 2.05) is 19.1 Å². The lowest BCUT2D eigenvalue weighted by atomic mass is 9.91. The van der Waals surface area contributed by atoms with Gasteiger partial charge >= 0.3 is 5.97 Å². The Balaban J connectivity index is 2.35. The number of carboxylic acids is 1. The zero-order valence-corrected chi connectivity index (χ0v) is 14.1. The van der Waals surface area contributed by atoms with Crippen LogP contribution in [0, 0.1) is 0 Å². The number of methoxy groups -OCH3 is 2. The van der Waals surface area contributed by atoms with Gasteiger partial charge in [0, 0.05) is 0 Å². The lowest BCUT2D eigenvalue weighted by molar-refractivity contribution is -0.138. The summed E-state index contributed by atoms with van der Waals surface area (Å²) in [4.78, 5) is 11.8. The Morgan fingerprint density at radius 1 is 1.08 bits per heavy atom. The SMILES string of the molecule is CCOc1c(CC(C(=O)O)c2ccc(OC)cc2)cccc1OC. The number of rotatable bonds is 8. The van der Waals surface area contributed by atoms with Crippen LogP contribution in [0.2, 0.25) is 0 Å². The van der Waals surface area contributed by atoms with Crippen molar-refractivity contribution in [3.05, 3.63) is 53.6 Å². The molecule has 2 aromatic carbocycles. The fourth-order valence-corrected chi connectivity index (χ4v) is 2.59. The quantitative estimate of drug-likeness (QED) is 0.802. The fraction of sp³-hybridized carbons (Fsp3) is 0.316. The van der Waals surface area contributed by atoms with E-state index in [1.54, 1.807) is 44.6 Å². The third kappa shape index (κ3) is 3.98. The van der Waals surface area contributed by atoms with Gasteiger partial charge in [0.15, 0.2) is 11.5 Å². The Labute approximate surface area is 141 Å². The normalized spacial score (nSPS) is 11.6. The summed E-state index contributed by atoms with van der Waals surface area (Å²) in [5, 5.41) is 9.66. The van der Waals surface area contributed by atoms with Crippen molar-refractivity contribution in [3.63, 3.8) is 0 Å². The van der Waals surface area contributed by atoms with E-state index in [0.717, 1.165) is 5.56 Å². The minimum absolute atomic E-state index is 0.314. The molecule has 5 heteroatoms. The van der Waals surface area contributed by atoms with Crippen LogP contribution in [0.15, 0.2) is 42.5 Å². The number of hydrogen-bond donors (Lipinski definition) is 1. The van der Waals surface area contributed by atoms with E-state index in [1.165, 1.54) is 0 Å². The molecule has 0 aliphatic carbocycles. The van der Waals surface area contributed by atoms with E-state index in [9.17, 15) is 9.90 Å². The first kappa shape index (κ1) is 17.7. The van der Waals surface area contributed by atoms with Gasteiger partial charge in [0.1, 0.15) is 5.75 Å². The molecule has 0 saturated heterocycles. The molecule has 128 valence electrons. The number of hydrogen-bond acceptors (Lipinski definition) is 4. The maximum atomic E-state index is 11.8. The van der Waals surface area contributed by atoms with Crippen molar-refractivity contribution in [1.29, 1.82) is 0 Å². The number of carboxylic acid groups (broad SMARTS) is 1. The fourth-order valence-electron chi connectivity index (χ4n) is 2.59. The van der Waals surface area contributed by atoms with Crippen LogP contribution in [-0.4, -0.2) is 31.9 Å². The molecule has 5 nitrogen and oxygen atoms in total. The summed E-state index contributed by atoms with van der Waals surface area (Å²) in [6.07, 6.45) is 0.314. The van der Waals surface area contributed by atoms with E-state index in [4.69, 9.17) is 14.2 Å². The molecule has 0 aliphatic rings. The highest BCUT2D eigenvalue weighted by Gasteiger charge is 2.23. The minimum atomic E-state index is -0.884. The van der Waals surface area contributed by atoms with Crippen LogP contribution in [0.3, 0.4) is 0 Å². The lowest BCUT2D eigenvalue weighted by Crippen LogP contribution is -2.15. The largest absolute Gasteiger partial charge is 0.497 e. The van der Waals surface area contributed by atoms with Crippen molar-refractivity contribution in [2.45, 2.75) is 19.3 Å². The van der Waals surface area contributed by atoms with Crippen molar-refractivity contribution < 1.29 is 24.1 Å². The van der Waals surface area contributed by atoms with Gasteiger partial charge in [-0.3, -0.25) is 4.79 Å². The van der Waals surface area contributed by atoms with Gasteiger partial charge < -0.3 is 19.3 Å². The smallest absolute Gasteiger partial charge is 0.311 e. The summed E-state index contributed by atoms with van der Waals surface area (Å²) in [6, 6.07) is 12.6. The van der Waals surface area contributed by atoms with Gasteiger partial charge in [0.2, 0.25) is 0 Å². The Bertz CT molecular complexity index is 679. The summed E-state index contributed by atoms with van der Waals surface area (Å²) in [7, 11) is 3.15. The monoisotopic (exact) mass is 330 g/mol. The van der Waals surface area contributed by atoms with Crippen molar-refractivity contribution in [2.75, 3.05) is 20.8 Å². The molecule has 0 amide bonds. The van der Waals surface area contributed by atoms with E-state index >= 15 is 0 Å². The maximum absolute atomic E-state index is 11.8. The molecular weight excluding hydrogens is 308 g/mol. The number of aliphatic carboxylic acids is 1. The van der Waals surface area contributed by atoms with E-state index in [-0.39, 0.29) is 0 Å². The van der Waals surface area contributed by atoms with Gasteiger partial charge in [-0.05, 0) is 42.7 Å². The topological polar surface area (TPSA) is 65.0 Å². The molecule has 0 aromatic heterocycles. The molecule has 0 aliphatic heterocycles. The molecule has 0 radical (unpaired) electrons. The lowest BCUT2D eigenvalue weighted by Gasteiger charge is -2.18. The molecule has 0 bridgehead atoms. The van der Waals surface area contributed by atoms with E-state index < -0.39 is 11.9 Å². The third-order valence-corrected chi connectivity index (χ3v) is 3.81. The molecule has 2 aromatic rings. The highest BCUT2D eigenvalue weighted by atomic mass is 16.5. The Morgan fingerprint density at radius 3 is 2.33 bits per heavy atom. The molecule has 1 unspecified atom stereocenters. The van der Waals surface area contributed by atoms with Crippen LogP contribution < -0.4 is 14.2 Å². The van der Waals surface area contributed by atoms with Crippen LogP contribution in [0.25, 0.3) is 0 Å². The third-order valence-electron chi connectivity index (χ3n) is 3.81. The molecule has 24 heavy (non-hydrogen) atoms. The van der Waals surface area contributed by atoms with Gasteiger partial charge in [0.25, 0.3) is 0 Å². The number of para-hydroxylation sites is 1. The molecule has 1 N–H and O–H groups in total. The molecule has 2 rings (SSSR count). The second kappa shape index (κ2) is 8.24. The average molecular weight is 330 g/mol. The second-order valence-electron chi connectivity index (χ2n) is 5.25. The van der Waals surface area contributed by atoms with Gasteiger partial charge in [-0.25, -0.2) is 0 Å². The van der Waals surface area contributed by atoms with Crippen molar-refractivity contribution in [3.8, 4) is 17.2 Å². The van der Waals surface area contributed by atoms with Crippen molar-refractivity contribution >= 4 is 5.97 Å². The van der Waals surface area contributed by atoms with Crippen LogP contribution in [-0.2, 0) is 11.2 Å². The van der Waals surface area contributed by atoms with Crippen LogP contribution >= 0.6 is 0 Å². The second-order valence-corrected chi connectivity index (χ2v) is 5.25. The molecule has 0 fully saturated rings. The van der Waals surface area contributed by atoms with E-state index in [0.29, 0.717) is 35.8 Å². The maximum Gasteiger partial charge on any atom is 0.311 e. The minimum Gasteiger partial charge on any atom is -0.497 e. The molecular formula is C19H22O5. The summed E-state index contributed by atoms with van der Waals surface area (Å²) < 4.78 is 16.1. The molecule has 0 heterocycles. The van der Waals surface area contributed by atoms with Crippen LogP contribution in [0.1, 0.15) is 24.0 Å². The summed E-state index contributed by atoms with van der Waals surface area (Å²) in [5.41, 5.74) is 1.52. The molecule has 0 saturated carbocycles. The van der Waals surface area contributed by atoms with Gasteiger partial charge in [-0.2, -0.15) is 0 Å². The Hall–Kier alpha value is -2.69. The Kier molecular flexibility index (Phi) is 6.07. The zero-order chi connectivity index (χ0) is 17.5. The highest BCUT2D eigenvalue weighted by Crippen LogP contribution is 2.34. The summed E-state index contributed by atoms with van der Waals surface area (Å²) in [5.74, 6) is 0.336. The van der Waals surface area contributed by atoms with Crippen molar-refractivity contribution in [1.82, 2.24) is 0 Å². The number of ether oxygens (including phenoxy) is 3. The number of carbonyl (C=O) groups is 1. The predicted octanol–water partition coefficient (Wildman–Crippen LogP) is 3.51. The van der Waals surface area contributed by atoms with Crippen LogP contribution in [0.5, 0.6) is 17.2 Å². The zero-order valence-electron chi connectivity index (χ0n) is 14.1. The predicted molar refractivity (Wildman–Crippen MR) is 91.2 cm³/mol. The first-order valence-corrected chi connectivity index (χ1v) is 7.76. The summed E-state index contributed by atoms with van der Waals surface area (Å²) in [6.45, 7) is 2.36. The highest BCUT2D eigenvalue weighted by molar-refractivity contribution is 5.77. The Morgan fingerprint density at radius 2 is 1.79 bits per heavy atom. The molecule has 0 spiro atoms. The molecule has 1 atom stereocenters. The van der Waals surface area contributed by atoms with Gasteiger partial charge in [-0.1, -0.05) is 24.3 Å². The van der Waals surface area contributed by atoms with Gasteiger partial charge in [0.05, 0.1) is 26.7 Å². The number of benzene rings is 2. The standard InChI is InChI=1S/C19H22O5/c1-4-24-18-14(6-5-7-17(18)23-3)12-16(19(20)21)13-8-10-15(22-2)11-9-13/h5-11,16H,4,12H2,1-3H3,(H,20,21). The van der Waals surface area contributed by atoms with Gasteiger partial charge in [-0.15, -0.1) is 0 Å². The van der Waals surface area contributed by atoms with Crippen molar-refractivity contribution in [2.24, 2.45) is 0 Å². The first-order valence-electron chi connectivity index (χ1n) is 7.76. The first-order chi connectivity index (χ1) is 11.6. The van der Waals surface area contributed by atoms with Crippen LogP contribution in [0.4, 0.5) is 0 Å². The van der Waals surface area contributed by atoms with E-state index in [2.05, 4.69) is 0 Å². The summed E-state index contributed by atoms with van der Waals surface area (Å²) >= 11 is 0. The average Bonchev–Trinajstić information content (AvgIpc) is 2.60.